The molecule has 0 aromatic heterocycles. The van der Waals surface area contributed by atoms with Crippen molar-refractivity contribution >= 4 is 29.2 Å². The normalized spacial score (nSPS) is 12.1. The molecular weight excluding hydrogens is 721 g/mol. The number of aliphatic hydroxyl groups excluding tert-OH is 2. The summed E-state index contributed by atoms with van der Waals surface area (Å²) < 4.78 is 17.6. The summed E-state index contributed by atoms with van der Waals surface area (Å²) in [7, 11) is 0. The van der Waals surface area contributed by atoms with Crippen molar-refractivity contribution in [2.75, 3.05) is 39.5 Å². The number of hydrogen-bond donors (Lipinski definition) is 3. The zero-order valence-corrected chi connectivity index (χ0v) is 32.0. The van der Waals surface area contributed by atoms with Gasteiger partial charge < -0.3 is 29.7 Å². The minimum absolute atomic E-state index is 0.138. The third-order valence-corrected chi connectivity index (χ3v) is 10.1. The van der Waals surface area contributed by atoms with Gasteiger partial charge in [-0.1, -0.05) is 139 Å². The van der Waals surface area contributed by atoms with Crippen LogP contribution in [0.1, 0.15) is 65.2 Å². The smallest absolute Gasteiger partial charge is 0.331 e. The molecule has 9 heteroatoms. The van der Waals surface area contributed by atoms with E-state index in [1.807, 2.05) is 103 Å². The number of aliphatic hydroxyl groups is 2. The molecule has 0 spiro atoms. The molecule has 0 saturated carbocycles. The zero-order chi connectivity index (χ0) is 38.0. The summed E-state index contributed by atoms with van der Waals surface area (Å²) in [6.07, 6.45) is 3.53. The molecule has 3 N–H and O–H groups in total. The van der Waals surface area contributed by atoms with E-state index in [2.05, 4.69) is 5.32 Å². The van der Waals surface area contributed by atoms with Gasteiger partial charge in [-0.2, -0.15) is 0 Å². The minimum Gasteiger partial charge on any atom is -0.425 e. The van der Waals surface area contributed by atoms with Gasteiger partial charge in [0.25, 0.3) is 0 Å². The van der Waals surface area contributed by atoms with Crippen LogP contribution in [0.15, 0.2) is 127 Å². The molecule has 5 aromatic carbocycles. The summed E-state index contributed by atoms with van der Waals surface area (Å²) in [5, 5.41) is 25.5. The van der Waals surface area contributed by atoms with Crippen LogP contribution >= 0.6 is 23.2 Å². The van der Waals surface area contributed by atoms with Gasteiger partial charge in [-0.05, 0) is 77.9 Å². The quantitative estimate of drug-likeness (QED) is 0.0280. The number of benzene rings is 5. The molecule has 1 atom stereocenters. The largest absolute Gasteiger partial charge is 0.425 e. The first-order valence-electron chi connectivity index (χ1n) is 18.5. The summed E-state index contributed by atoms with van der Waals surface area (Å²) in [4.78, 5) is 14.7. The molecule has 7 nitrogen and oxygen atoms in total. The Morgan fingerprint density at radius 1 is 0.685 bits per heavy atom. The Hall–Kier alpha value is -4.05. The third-order valence-electron chi connectivity index (χ3n) is 9.39. The Morgan fingerprint density at radius 3 is 1.85 bits per heavy atom. The molecule has 0 radical (unpaired) electrons. The number of esters is 1. The number of halogens is 2. The van der Waals surface area contributed by atoms with Gasteiger partial charge in [0, 0.05) is 35.4 Å². The molecule has 0 aliphatic rings. The van der Waals surface area contributed by atoms with Gasteiger partial charge in [0.2, 0.25) is 0 Å². The highest BCUT2D eigenvalue weighted by atomic mass is 35.5. The lowest BCUT2D eigenvalue weighted by molar-refractivity contribution is -0.138. The number of nitrogens with one attached hydrogen (secondary N) is 1. The average Bonchev–Trinajstić information content (AvgIpc) is 3.20. The van der Waals surface area contributed by atoms with Gasteiger partial charge in [-0.25, -0.2) is 4.79 Å². The third kappa shape index (κ3) is 11.0. The van der Waals surface area contributed by atoms with Crippen molar-refractivity contribution in [3.8, 4) is 5.75 Å². The van der Waals surface area contributed by atoms with E-state index in [1.54, 1.807) is 24.3 Å². The van der Waals surface area contributed by atoms with Crippen molar-refractivity contribution in [3.05, 3.63) is 171 Å². The molecule has 284 valence electrons. The predicted molar refractivity (Wildman–Crippen MR) is 215 cm³/mol. The van der Waals surface area contributed by atoms with Gasteiger partial charge in [0.1, 0.15) is 11.2 Å². The van der Waals surface area contributed by atoms with Crippen molar-refractivity contribution in [2.45, 2.75) is 50.2 Å². The Labute approximate surface area is 328 Å². The van der Waals surface area contributed by atoms with E-state index in [9.17, 15) is 15.0 Å². The van der Waals surface area contributed by atoms with Crippen LogP contribution in [0.4, 0.5) is 0 Å². The maximum atomic E-state index is 14.7. The molecule has 0 aliphatic heterocycles. The summed E-state index contributed by atoms with van der Waals surface area (Å²) in [6.45, 7) is 3.03. The van der Waals surface area contributed by atoms with Crippen LogP contribution in [-0.2, 0) is 32.7 Å². The summed E-state index contributed by atoms with van der Waals surface area (Å²) in [5.74, 6) is -0.111. The van der Waals surface area contributed by atoms with Crippen LogP contribution in [-0.4, -0.2) is 55.7 Å². The summed E-state index contributed by atoms with van der Waals surface area (Å²) in [6, 6.07) is 39.7. The summed E-state index contributed by atoms with van der Waals surface area (Å²) in [5.41, 5.74) is 3.20. The van der Waals surface area contributed by atoms with E-state index in [1.165, 1.54) is 0 Å². The Balaban J connectivity index is 1.10. The molecule has 5 rings (SSSR count). The molecule has 0 bridgehead atoms. The SMILES string of the molecule is O=C(Oc1ccc([C@@H](O)CNCCCCCCOCCOCc2c(Cl)cccc2Cl)cc1CCO)C(c1ccccc1)(c1ccccc1)c1ccccc1. The molecule has 5 aromatic rings. The molecule has 54 heavy (non-hydrogen) atoms. The average molecular weight is 771 g/mol. The highest BCUT2D eigenvalue weighted by Crippen LogP contribution is 2.41. The van der Waals surface area contributed by atoms with Crippen molar-refractivity contribution < 1.29 is 29.2 Å². The first-order valence-corrected chi connectivity index (χ1v) is 19.3. The van der Waals surface area contributed by atoms with Crippen LogP contribution in [0.5, 0.6) is 5.75 Å². The maximum absolute atomic E-state index is 14.7. The van der Waals surface area contributed by atoms with Gasteiger partial charge in [0.15, 0.2) is 0 Å². The topological polar surface area (TPSA) is 97.3 Å². The fraction of sp³-hybridized carbons (Fsp3) is 0.311. The lowest BCUT2D eigenvalue weighted by Crippen LogP contribution is -2.41. The van der Waals surface area contributed by atoms with Crippen molar-refractivity contribution in [2.24, 2.45) is 0 Å². The second-order valence-electron chi connectivity index (χ2n) is 13.1. The number of carbonyl (C=O) groups is 1. The molecule has 0 heterocycles. The standard InChI is InChI=1S/C45H49Cl2NO6/c46-40-21-14-22-41(47)39(40)33-53-30-29-52-28-13-2-1-12-26-48-32-42(50)34-23-24-43(35(31-34)25-27-49)54-44(51)45(36-15-6-3-7-16-36,37-17-8-4-9-18-37)38-19-10-5-11-20-38/h3-11,14-24,31,42,48-50H,1-2,12-13,25-30,32-33H2/t42-/m0/s1. The fourth-order valence-electron chi connectivity index (χ4n) is 6.55. The van der Waals surface area contributed by atoms with Crippen molar-refractivity contribution in [1.82, 2.24) is 5.32 Å². The van der Waals surface area contributed by atoms with E-state index < -0.39 is 17.5 Å². The van der Waals surface area contributed by atoms with Gasteiger partial charge >= 0.3 is 5.97 Å². The Kier molecular flexibility index (Phi) is 16.6. The molecule has 0 fully saturated rings. The van der Waals surface area contributed by atoms with Gasteiger partial charge in [-0.3, -0.25) is 0 Å². The number of rotatable bonds is 22. The number of carbonyl (C=O) groups excluding carboxylic acids is 1. The van der Waals surface area contributed by atoms with Crippen LogP contribution in [0.2, 0.25) is 10.0 Å². The monoisotopic (exact) mass is 769 g/mol. The zero-order valence-electron chi connectivity index (χ0n) is 30.5. The highest BCUT2D eigenvalue weighted by molar-refractivity contribution is 6.35. The Bertz CT molecular complexity index is 1740. The lowest BCUT2D eigenvalue weighted by Gasteiger charge is -2.33. The fourth-order valence-corrected chi connectivity index (χ4v) is 7.05. The lowest BCUT2D eigenvalue weighted by atomic mass is 9.69. The first kappa shape index (κ1) is 41.1. The highest BCUT2D eigenvalue weighted by Gasteiger charge is 2.45. The van der Waals surface area contributed by atoms with E-state index in [0.717, 1.165) is 54.5 Å². The second-order valence-corrected chi connectivity index (χ2v) is 13.9. The van der Waals surface area contributed by atoms with Crippen LogP contribution < -0.4 is 10.1 Å². The molecule has 0 saturated heterocycles. The number of ether oxygens (including phenoxy) is 3. The molecule has 0 aliphatic carbocycles. The van der Waals surface area contributed by atoms with E-state index in [0.29, 0.717) is 59.9 Å². The minimum atomic E-state index is -1.25. The van der Waals surface area contributed by atoms with E-state index in [4.69, 9.17) is 37.4 Å². The number of hydrogen-bond acceptors (Lipinski definition) is 7. The molecule has 0 amide bonds. The van der Waals surface area contributed by atoms with E-state index in [-0.39, 0.29) is 13.0 Å². The van der Waals surface area contributed by atoms with Crippen LogP contribution in [0.25, 0.3) is 0 Å². The molecule has 0 unspecified atom stereocenters. The first-order chi connectivity index (χ1) is 26.4. The predicted octanol–water partition coefficient (Wildman–Crippen LogP) is 8.89. The van der Waals surface area contributed by atoms with Crippen LogP contribution in [0.3, 0.4) is 0 Å². The van der Waals surface area contributed by atoms with Crippen molar-refractivity contribution in [3.63, 3.8) is 0 Å². The van der Waals surface area contributed by atoms with Crippen LogP contribution in [0, 0.1) is 0 Å². The second kappa shape index (κ2) is 21.7. The van der Waals surface area contributed by atoms with Gasteiger partial charge in [-0.15, -0.1) is 0 Å². The van der Waals surface area contributed by atoms with Gasteiger partial charge in [0.05, 0.1) is 25.9 Å². The molecular formula is C45H49Cl2NO6. The summed E-state index contributed by atoms with van der Waals surface area (Å²) >= 11 is 12.3. The maximum Gasteiger partial charge on any atom is 0.331 e. The van der Waals surface area contributed by atoms with Crippen molar-refractivity contribution in [1.29, 1.82) is 0 Å². The van der Waals surface area contributed by atoms with E-state index >= 15 is 0 Å². The number of unbranched alkanes of at least 4 members (excludes halogenated alkanes) is 3. The Morgan fingerprint density at radius 2 is 1.26 bits per heavy atom.